The number of hydrogen-bond acceptors (Lipinski definition) is 0. The molecule has 0 aliphatic heterocycles. The highest BCUT2D eigenvalue weighted by atomic mass is 35.5. The van der Waals surface area contributed by atoms with Crippen LogP contribution in [-0.2, 0) is 0 Å². The van der Waals surface area contributed by atoms with Gasteiger partial charge in [-0.1, -0.05) is 40.2 Å². The Morgan fingerprint density at radius 1 is 1.23 bits per heavy atom. The van der Waals surface area contributed by atoms with Gasteiger partial charge in [0.25, 0.3) is 0 Å². The van der Waals surface area contributed by atoms with Crippen LogP contribution in [0.3, 0.4) is 0 Å². The van der Waals surface area contributed by atoms with E-state index in [2.05, 4.69) is 34.3 Å². The van der Waals surface area contributed by atoms with Gasteiger partial charge >= 0.3 is 0 Å². The van der Waals surface area contributed by atoms with Crippen molar-refractivity contribution in [2.24, 2.45) is 17.8 Å². The molecule has 0 rings (SSSR count). The summed E-state index contributed by atoms with van der Waals surface area (Å²) in [5.74, 6) is 1.92. The van der Waals surface area contributed by atoms with E-state index in [-0.39, 0.29) is 5.38 Å². The third-order valence-corrected chi connectivity index (χ3v) is 3.73. The SMILES string of the molecule is C=CC(C)C(Cl)CC(C)C(C)CC. The Kier molecular flexibility index (Phi) is 6.49. The van der Waals surface area contributed by atoms with Crippen molar-refractivity contribution in [3.05, 3.63) is 12.7 Å². The van der Waals surface area contributed by atoms with Crippen molar-refractivity contribution < 1.29 is 0 Å². The van der Waals surface area contributed by atoms with E-state index in [1.807, 2.05) is 6.08 Å². The van der Waals surface area contributed by atoms with Crippen LogP contribution in [-0.4, -0.2) is 5.38 Å². The lowest BCUT2D eigenvalue weighted by Gasteiger charge is -2.23. The van der Waals surface area contributed by atoms with E-state index in [4.69, 9.17) is 11.6 Å². The van der Waals surface area contributed by atoms with Crippen LogP contribution >= 0.6 is 11.6 Å². The van der Waals surface area contributed by atoms with Crippen molar-refractivity contribution in [2.75, 3.05) is 0 Å². The molecule has 0 aromatic rings. The Balaban J connectivity index is 3.89. The number of alkyl halides is 1. The molecule has 0 saturated carbocycles. The van der Waals surface area contributed by atoms with E-state index in [0.29, 0.717) is 5.92 Å². The average molecular weight is 203 g/mol. The summed E-state index contributed by atoms with van der Waals surface area (Å²) in [6.07, 6.45) is 4.29. The molecule has 1 heteroatoms. The summed E-state index contributed by atoms with van der Waals surface area (Å²) >= 11 is 6.26. The average Bonchev–Trinajstić information content (AvgIpc) is 2.14. The second-order valence-corrected chi connectivity index (χ2v) is 4.77. The van der Waals surface area contributed by atoms with Crippen molar-refractivity contribution in [3.63, 3.8) is 0 Å². The minimum atomic E-state index is 0.251. The highest BCUT2D eigenvalue weighted by Crippen LogP contribution is 2.25. The Morgan fingerprint density at radius 2 is 1.77 bits per heavy atom. The summed E-state index contributed by atoms with van der Waals surface area (Å²) in [5, 5.41) is 0.251. The van der Waals surface area contributed by atoms with Gasteiger partial charge in [0.05, 0.1) is 0 Å². The summed E-state index contributed by atoms with van der Waals surface area (Å²) in [6, 6.07) is 0. The smallest absolute Gasteiger partial charge is 0.0398 e. The molecule has 0 heterocycles. The molecule has 0 saturated heterocycles. The molecule has 0 aromatic carbocycles. The minimum absolute atomic E-state index is 0.251. The predicted molar refractivity (Wildman–Crippen MR) is 62.2 cm³/mol. The fraction of sp³-hybridized carbons (Fsp3) is 0.833. The van der Waals surface area contributed by atoms with E-state index < -0.39 is 0 Å². The van der Waals surface area contributed by atoms with Gasteiger partial charge in [-0.15, -0.1) is 18.2 Å². The maximum atomic E-state index is 6.26. The predicted octanol–water partition coefficient (Wildman–Crippen LogP) is 4.49. The Morgan fingerprint density at radius 3 is 2.15 bits per heavy atom. The second kappa shape index (κ2) is 6.48. The standard InChI is InChI=1S/C12H23Cl/c1-6-9(3)11(5)8-12(13)10(4)7-2/h7,9-12H,2,6,8H2,1,3-5H3. The van der Waals surface area contributed by atoms with Gasteiger partial charge in [0, 0.05) is 5.38 Å². The molecule has 0 radical (unpaired) electrons. The highest BCUT2D eigenvalue weighted by Gasteiger charge is 2.18. The monoisotopic (exact) mass is 202 g/mol. The summed E-state index contributed by atoms with van der Waals surface area (Å²) in [5.41, 5.74) is 0. The zero-order valence-electron chi connectivity index (χ0n) is 9.39. The molecule has 4 atom stereocenters. The van der Waals surface area contributed by atoms with Crippen LogP contribution < -0.4 is 0 Å². The number of hydrogen-bond donors (Lipinski definition) is 0. The number of allylic oxidation sites excluding steroid dienone is 1. The zero-order valence-corrected chi connectivity index (χ0v) is 10.1. The molecule has 78 valence electrons. The van der Waals surface area contributed by atoms with E-state index in [1.54, 1.807) is 0 Å². The molecule has 0 fully saturated rings. The van der Waals surface area contributed by atoms with Gasteiger partial charge in [-0.3, -0.25) is 0 Å². The number of halogens is 1. The molecule has 0 N–H and O–H groups in total. The van der Waals surface area contributed by atoms with Crippen molar-refractivity contribution >= 4 is 11.6 Å². The van der Waals surface area contributed by atoms with E-state index in [9.17, 15) is 0 Å². The minimum Gasteiger partial charge on any atom is -0.122 e. The molecule has 0 nitrogen and oxygen atoms in total. The fourth-order valence-corrected chi connectivity index (χ4v) is 1.74. The van der Waals surface area contributed by atoms with Crippen LogP contribution in [0.5, 0.6) is 0 Å². The van der Waals surface area contributed by atoms with Gasteiger partial charge in [-0.25, -0.2) is 0 Å². The Labute approximate surface area is 88.4 Å². The maximum Gasteiger partial charge on any atom is 0.0398 e. The van der Waals surface area contributed by atoms with Gasteiger partial charge in [-0.2, -0.15) is 0 Å². The summed E-state index contributed by atoms with van der Waals surface area (Å²) in [4.78, 5) is 0. The Bertz CT molecular complexity index is 142. The van der Waals surface area contributed by atoms with Crippen molar-refractivity contribution in [1.29, 1.82) is 0 Å². The molecular weight excluding hydrogens is 180 g/mol. The molecular formula is C12H23Cl. The van der Waals surface area contributed by atoms with Crippen LogP contribution in [0.4, 0.5) is 0 Å². The van der Waals surface area contributed by atoms with Crippen LogP contribution in [0.1, 0.15) is 40.5 Å². The largest absolute Gasteiger partial charge is 0.122 e. The molecule has 0 aromatic heterocycles. The summed E-state index contributed by atoms with van der Waals surface area (Å²) in [6.45, 7) is 12.7. The van der Waals surface area contributed by atoms with Gasteiger partial charge in [-0.05, 0) is 24.2 Å². The molecule has 0 amide bonds. The molecule has 0 bridgehead atoms. The third-order valence-electron chi connectivity index (χ3n) is 3.15. The van der Waals surface area contributed by atoms with Crippen LogP contribution in [0.2, 0.25) is 0 Å². The maximum absolute atomic E-state index is 6.26. The topological polar surface area (TPSA) is 0 Å². The molecule has 4 unspecified atom stereocenters. The van der Waals surface area contributed by atoms with Crippen LogP contribution in [0, 0.1) is 17.8 Å². The first-order valence-corrected chi connectivity index (χ1v) is 5.73. The van der Waals surface area contributed by atoms with Gasteiger partial charge < -0.3 is 0 Å². The van der Waals surface area contributed by atoms with E-state index in [1.165, 1.54) is 6.42 Å². The quantitative estimate of drug-likeness (QED) is 0.440. The first kappa shape index (κ1) is 13.0. The normalized spacial score (nSPS) is 20.4. The highest BCUT2D eigenvalue weighted by molar-refractivity contribution is 6.20. The first-order chi connectivity index (χ1) is 6.02. The fourth-order valence-electron chi connectivity index (χ4n) is 1.35. The van der Waals surface area contributed by atoms with E-state index >= 15 is 0 Å². The van der Waals surface area contributed by atoms with Crippen LogP contribution in [0.15, 0.2) is 12.7 Å². The van der Waals surface area contributed by atoms with Crippen LogP contribution in [0.25, 0.3) is 0 Å². The van der Waals surface area contributed by atoms with Crippen molar-refractivity contribution in [2.45, 2.75) is 45.9 Å². The summed E-state index contributed by atoms with van der Waals surface area (Å²) < 4.78 is 0. The lowest BCUT2D eigenvalue weighted by Crippen LogP contribution is -2.17. The van der Waals surface area contributed by atoms with Crippen molar-refractivity contribution in [1.82, 2.24) is 0 Å². The zero-order chi connectivity index (χ0) is 10.4. The second-order valence-electron chi connectivity index (χ2n) is 4.21. The van der Waals surface area contributed by atoms with E-state index in [0.717, 1.165) is 18.3 Å². The van der Waals surface area contributed by atoms with Crippen molar-refractivity contribution in [3.8, 4) is 0 Å². The first-order valence-electron chi connectivity index (χ1n) is 5.29. The van der Waals surface area contributed by atoms with Gasteiger partial charge in [0.2, 0.25) is 0 Å². The molecule has 0 aliphatic carbocycles. The lowest BCUT2D eigenvalue weighted by molar-refractivity contribution is 0.339. The van der Waals surface area contributed by atoms with Gasteiger partial charge in [0.1, 0.15) is 0 Å². The van der Waals surface area contributed by atoms with Gasteiger partial charge in [0.15, 0.2) is 0 Å². The lowest BCUT2D eigenvalue weighted by atomic mass is 9.87. The molecule has 13 heavy (non-hydrogen) atoms. The number of rotatable bonds is 6. The third kappa shape index (κ3) is 4.71. The molecule has 0 aliphatic rings. The molecule has 0 spiro atoms. The Hall–Kier alpha value is 0.0300. The summed E-state index contributed by atoms with van der Waals surface area (Å²) in [7, 11) is 0.